The molecule has 0 aliphatic carbocycles. The van der Waals surface area contributed by atoms with E-state index in [9.17, 15) is 22.8 Å². The fraction of sp³-hybridized carbons (Fsp3) is 0.208. The van der Waals surface area contributed by atoms with Crippen LogP contribution in [-0.2, 0) is 16.7 Å². The molecule has 3 aromatic heterocycles. The molecule has 3 N–H and O–H groups in total. The SMILES string of the molecule is Cc1nn(C)cc1-c1cc(C(F)F)nc2sc(C(N)=O)c(NC(=O)C3CC(c4ccc(F)cc4)=NO3)c12. The Kier molecular flexibility index (Phi) is 6.15. The van der Waals surface area contributed by atoms with Gasteiger partial charge >= 0.3 is 0 Å². The number of hydrogen-bond donors (Lipinski definition) is 2. The lowest BCUT2D eigenvalue weighted by Crippen LogP contribution is -2.29. The second-order valence-corrected chi connectivity index (χ2v) is 9.38. The molecule has 1 aliphatic rings. The lowest BCUT2D eigenvalue weighted by molar-refractivity contribution is -0.125. The largest absolute Gasteiger partial charge is 0.382 e. The van der Waals surface area contributed by atoms with Crippen molar-refractivity contribution in [2.45, 2.75) is 25.9 Å². The number of oxime groups is 1. The number of fused-ring (bicyclic) bond motifs is 1. The zero-order valence-electron chi connectivity index (χ0n) is 19.5. The Morgan fingerprint density at radius 2 is 1.97 bits per heavy atom. The van der Waals surface area contributed by atoms with Gasteiger partial charge in [-0.15, -0.1) is 11.3 Å². The lowest BCUT2D eigenvalue weighted by atomic mass is 10.0. The lowest BCUT2D eigenvalue weighted by Gasteiger charge is -2.12. The molecular weight excluding hydrogens is 509 g/mol. The van der Waals surface area contributed by atoms with Crippen molar-refractivity contribution < 1.29 is 27.6 Å². The molecule has 0 saturated carbocycles. The van der Waals surface area contributed by atoms with Crippen LogP contribution in [0.4, 0.5) is 18.9 Å². The number of pyridine rings is 1. The van der Waals surface area contributed by atoms with Crippen LogP contribution >= 0.6 is 11.3 Å². The van der Waals surface area contributed by atoms with E-state index in [1.54, 1.807) is 20.2 Å². The molecule has 37 heavy (non-hydrogen) atoms. The first-order chi connectivity index (χ1) is 17.6. The topological polar surface area (TPSA) is 124 Å². The number of alkyl halides is 2. The molecule has 0 saturated heterocycles. The Bertz CT molecular complexity index is 1580. The zero-order chi connectivity index (χ0) is 26.4. The number of benzene rings is 1. The highest BCUT2D eigenvalue weighted by atomic mass is 32.1. The first kappa shape index (κ1) is 24.4. The summed E-state index contributed by atoms with van der Waals surface area (Å²) >= 11 is 0.802. The van der Waals surface area contributed by atoms with Crippen molar-refractivity contribution in [2.75, 3.05) is 5.32 Å². The Hall–Kier alpha value is -4.26. The molecule has 5 rings (SSSR count). The fourth-order valence-electron chi connectivity index (χ4n) is 4.13. The molecule has 0 fully saturated rings. The van der Waals surface area contributed by atoms with Crippen LogP contribution in [0.5, 0.6) is 0 Å². The molecule has 1 aliphatic heterocycles. The van der Waals surface area contributed by atoms with Crippen molar-refractivity contribution in [1.29, 1.82) is 0 Å². The minimum Gasteiger partial charge on any atom is -0.382 e. The van der Waals surface area contributed by atoms with E-state index in [1.807, 2.05) is 0 Å². The van der Waals surface area contributed by atoms with Gasteiger partial charge in [-0.25, -0.2) is 18.2 Å². The molecule has 1 atom stereocenters. The number of halogens is 3. The van der Waals surface area contributed by atoms with E-state index < -0.39 is 35.9 Å². The van der Waals surface area contributed by atoms with Crippen LogP contribution in [-0.4, -0.2) is 38.4 Å². The normalized spacial score (nSPS) is 15.2. The summed E-state index contributed by atoms with van der Waals surface area (Å²) in [6, 6.07) is 6.79. The average molecular weight is 529 g/mol. The summed E-state index contributed by atoms with van der Waals surface area (Å²) in [4.78, 5) is 34.9. The van der Waals surface area contributed by atoms with Crippen LogP contribution in [0.2, 0.25) is 0 Å². The van der Waals surface area contributed by atoms with E-state index in [1.165, 1.54) is 35.0 Å². The molecule has 4 aromatic rings. The monoisotopic (exact) mass is 528 g/mol. The number of rotatable bonds is 6. The number of aromatic nitrogens is 3. The van der Waals surface area contributed by atoms with Crippen LogP contribution in [0.25, 0.3) is 21.3 Å². The number of anilines is 1. The van der Waals surface area contributed by atoms with Gasteiger partial charge in [-0.2, -0.15) is 5.10 Å². The molecule has 0 radical (unpaired) electrons. The standard InChI is InChI=1S/C24H19F3N6O3S/c1-10-14(9-33(2)31-10)13-7-16(21(26)27)29-24-18(13)19(20(37-24)22(28)34)30-23(35)17-8-15(32-36-17)11-3-5-12(25)6-4-11/h3-7,9,17,21H,8H2,1-2H3,(H2,28,34)(H,30,35). The number of amides is 2. The molecule has 0 bridgehead atoms. The highest BCUT2D eigenvalue weighted by molar-refractivity contribution is 7.21. The third-order valence-electron chi connectivity index (χ3n) is 5.82. The van der Waals surface area contributed by atoms with Crippen molar-refractivity contribution in [2.24, 2.45) is 17.9 Å². The van der Waals surface area contributed by atoms with Crippen LogP contribution in [0, 0.1) is 12.7 Å². The van der Waals surface area contributed by atoms with E-state index in [0.29, 0.717) is 28.1 Å². The maximum Gasteiger partial charge on any atom is 0.280 e. The molecule has 4 heterocycles. The summed E-state index contributed by atoms with van der Waals surface area (Å²) in [6.45, 7) is 1.71. The number of nitrogens with two attached hydrogens (primary N) is 1. The smallest absolute Gasteiger partial charge is 0.280 e. The maximum absolute atomic E-state index is 13.7. The summed E-state index contributed by atoms with van der Waals surface area (Å²) < 4.78 is 42.1. The first-order valence-corrected chi connectivity index (χ1v) is 11.8. The van der Waals surface area contributed by atoms with Gasteiger partial charge in [0, 0.05) is 30.6 Å². The molecule has 190 valence electrons. The number of hydrogen-bond acceptors (Lipinski definition) is 7. The van der Waals surface area contributed by atoms with Gasteiger partial charge in [0.1, 0.15) is 21.2 Å². The van der Waals surface area contributed by atoms with Gasteiger partial charge in [-0.05, 0) is 36.2 Å². The summed E-state index contributed by atoms with van der Waals surface area (Å²) in [5.74, 6) is -1.90. The van der Waals surface area contributed by atoms with Crippen molar-refractivity contribution in [3.05, 3.63) is 64.2 Å². The number of carbonyl (C=O) groups is 2. The predicted molar refractivity (Wildman–Crippen MR) is 131 cm³/mol. The van der Waals surface area contributed by atoms with Gasteiger partial charge in [0.25, 0.3) is 18.2 Å². The summed E-state index contributed by atoms with van der Waals surface area (Å²) in [5.41, 5.74) is 7.57. The minimum absolute atomic E-state index is 0.0444. The van der Waals surface area contributed by atoms with Crippen LogP contribution in [0.15, 0.2) is 41.7 Å². The zero-order valence-corrected chi connectivity index (χ0v) is 20.3. The van der Waals surface area contributed by atoms with Crippen molar-refractivity contribution in [3.63, 3.8) is 0 Å². The van der Waals surface area contributed by atoms with Crippen molar-refractivity contribution in [3.8, 4) is 11.1 Å². The average Bonchev–Trinajstić information content (AvgIpc) is 3.56. The molecule has 2 amide bonds. The predicted octanol–water partition coefficient (Wildman–Crippen LogP) is 4.31. The number of aryl methyl sites for hydroxylation is 2. The second-order valence-electron chi connectivity index (χ2n) is 8.38. The van der Waals surface area contributed by atoms with E-state index in [2.05, 4.69) is 20.6 Å². The Morgan fingerprint density at radius 1 is 1.24 bits per heavy atom. The highest BCUT2D eigenvalue weighted by Crippen LogP contribution is 2.43. The fourth-order valence-corrected chi connectivity index (χ4v) is 5.15. The van der Waals surface area contributed by atoms with Crippen LogP contribution in [0.1, 0.15) is 39.5 Å². The van der Waals surface area contributed by atoms with Crippen molar-refractivity contribution in [1.82, 2.24) is 14.8 Å². The second kappa shape index (κ2) is 9.32. The third-order valence-corrected chi connectivity index (χ3v) is 6.92. The van der Waals surface area contributed by atoms with Gasteiger partial charge in [-0.3, -0.25) is 14.3 Å². The van der Waals surface area contributed by atoms with Gasteiger partial charge < -0.3 is 15.9 Å². The number of nitrogens with one attached hydrogen (secondary N) is 1. The van der Waals surface area contributed by atoms with E-state index in [4.69, 9.17) is 10.6 Å². The van der Waals surface area contributed by atoms with Crippen LogP contribution in [0.3, 0.4) is 0 Å². The molecule has 13 heteroatoms. The maximum atomic E-state index is 13.7. The molecule has 1 aromatic carbocycles. The first-order valence-electron chi connectivity index (χ1n) is 11.0. The van der Waals surface area contributed by atoms with Gasteiger partial charge in [0.15, 0.2) is 0 Å². The van der Waals surface area contributed by atoms with E-state index >= 15 is 0 Å². The minimum atomic E-state index is -2.87. The third kappa shape index (κ3) is 4.53. The number of nitrogens with zero attached hydrogens (tertiary/aromatic N) is 4. The molecule has 0 spiro atoms. The van der Waals surface area contributed by atoms with Crippen molar-refractivity contribution >= 4 is 44.8 Å². The van der Waals surface area contributed by atoms with E-state index in [0.717, 1.165) is 11.3 Å². The van der Waals surface area contributed by atoms with Gasteiger partial charge in [0.2, 0.25) is 6.10 Å². The van der Waals surface area contributed by atoms with E-state index in [-0.39, 0.29) is 27.2 Å². The Morgan fingerprint density at radius 3 is 2.59 bits per heavy atom. The number of thiophene rings is 1. The van der Waals surface area contributed by atoms with Gasteiger partial charge in [0.05, 0.1) is 17.1 Å². The molecule has 1 unspecified atom stereocenters. The number of primary amides is 1. The summed E-state index contributed by atoms with van der Waals surface area (Å²) in [6.07, 6.45) is -2.18. The Labute approximate surface area is 211 Å². The molecular formula is C24H19F3N6O3S. The summed E-state index contributed by atoms with van der Waals surface area (Å²) in [7, 11) is 1.68. The Balaban J connectivity index is 1.55. The highest BCUT2D eigenvalue weighted by Gasteiger charge is 2.32. The molecule has 9 nitrogen and oxygen atoms in total. The quantitative estimate of drug-likeness (QED) is 0.386. The van der Waals surface area contributed by atoms with Gasteiger partial charge in [-0.1, -0.05) is 17.3 Å². The summed E-state index contributed by atoms with van der Waals surface area (Å²) in [5, 5.41) is 11.2. The number of carbonyl (C=O) groups excluding carboxylic acids is 2. The van der Waals surface area contributed by atoms with Crippen LogP contribution < -0.4 is 11.1 Å².